The second-order valence-electron chi connectivity index (χ2n) is 4.54. The van der Waals surface area contributed by atoms with Gasteiger partial charge in [-0.3, -0.25) is 9.59 Å². The minimum Gasteiger partial charge on any atom is -0.465 e. The molecule has 0 unspecified atom stereocenters. The molecule has 0 aromatic heterocycles. The maximum atomic E-state index is 12.9. The highest BCUT2D eigenvalue weighted by Crippen LogP contribution is 2.61. The minimum absolute atomic E-state index is 0.00769. The van der Waals surface area contributed by atoms with Gasteiger partial charge in [-0.15, -0.1) is 0 Å². The van der Waals surface area contributed by atoms with Crippen LogP contribution in [0.2, 0.25) is 0 Å². The van der Waals surface area contributed by atoms with Crippen LogP contribution in [0.15, 0.2) is 0 Å². The van der Waals surface area contributed by atoms with Crippen molar-refractivity contribution in [3.8, 4) is 0 Å². The molecule has 4 nitrogen and oxygen atoms in total. The first-order valence-corrected chi connectivity index (χ1v) is 6.17. The third-order valence-corrected chi connectivity index (χ3v) is 3.19. The van der Waals surface area contributed by atoms with Crippen LogP contribution in [0.5, 0.6) is 0 Å². The summed E-state index contributed by atoms with van der Waals surface area (Å²) in [5.74, 6) is -3.39. The standard InChI is InChI=1S/C12H17F3O4/c1-3-18-9(16)8(10(17)19-4-2)7-11(5-6-11)12(13,14)15/h8H,3-7H2,1-2H3. The first-order chi connectivity index (χ1) is 8.77. The van der Waals surface area contributed by atoms with Crippen molar-refractivity contribution >= 4 is 11.9 Å². The molecule has 0 N–H and O–H groups in total. The quantitative estimate of drug-likeness (QED) is 0.554. The second-order valence-corrected chi connectivity index (χ2v) is 4.54. The lowest BCUT2D eigenvalue weighted by Gasteiger charge is -2.23. The van der Waals surface area contributed by atoms with Gasteiger partial charge < -0.3 is 9.47 Å². The van der Waals surface area contributed by atoms with Gasteiger partial charge >= 0.3 is 18.1 Å². The highest BCUT2D eigenvalue weighted by molar-refractivity contribution is 5.95. The number of carbonyl (C=O) groups is 2. The van der Waals surface area contributed by atoms with Crippen molar-refractivity contribution in [2.45, 2.75) is 39.3 Å². The van der Waals surface area contributed by atoms with Crippen molar-refractivity contribution in [1.29, 1.82) is 0 Å². The van der Waals surface area contributed by atoms with E-state index in [1.54, 1.807) is 0 Å². The first-order valence-electron chi connectivity index (χ1n) is 6.17. The summed E-state index contributed by atoms with van der Waals surface area (Å²) in [6.45, 7) is 3.06. The molecule has 0 aromatic rings. The fraction of sp³-hybridized carbons (Fsp3) is 0.833. The molecule has 0 amide bonds. The Bertz CT molecular complexity index is 329. The van der Waals surface area contributed by atoms with Gasteiger partial charge in [0.2, 0.25) is 0 Å². The first kappa shape index (κ1) is 15.8. The van der Waals surface area contributed by atoms with Crippen LogP contribution in [0.1, 0.15) is 33.1 Å². The molecule has 0 atom stereocenters. The number of hydrogen-bond acceptors (Lipinski definition) is 4. The minimum atomic E-state index is -4.41. The second kappa shape index (κ2) is 5.79. The van der Waals surface area contributed by atoms with Crippen LogP contribution < -0.4 is 0 Å². The largest absolute Gasteiger partial charge is 0.465 e. The predicted octanol–water partition coefficient (Wildman–Crippen LogP) is 2.46. The highest BCUT2D eigenvalue weighted by atomic mass is 19.4. The van der Waals surface area contributed by atoms with Crippen LogP contribution in [-0.2, 0) is 19.1 Å². The van der Waals surface area contributed by atoms with Gasteiger partial charge in [0.05, 0.1) is 18.6 Å². The lowest BCUT2D eigenvalue weighted by molar-refractivity contribution is -0.196. The topological polar surface area (TPSA) is 52.6 Å². The molecule has 0 radical (unpaired) electrons. The van der Waals surface area contributed by atoms with E-state index in [9.17, 15) is 22.8 Å². The van der Waals surface area contributed by atoms with E-state index in [0.717, 1.165) is 0 Å². The fourth-order valence-corrected chi connectivity index (χ4v) is 1.89. The molecule has 1 fully saturated rings. The van der Waals surface area contributed by atoms with Gasteiger partial charge in [0.1, 0.15) is 0 Å². The highest BCUT2D eigenvalue weighted by Gasteiger charge is 2.64. The van der Waals surface area contributed by atoms with Crippen molar-refractivity contribution in [3.63, 3.8) is 0 Å². The van der Waals surface area contributed by atoms with Crippen LogP contribution in [0, 0.1) is 11.3 Å². The van der Waals surface area contributed by atoms with Crippen LogP contribution in [0.3, 0.4) is 0 Å². The zero-order valence-electron chi connectivity index (χ0n) is 10.9. The summed E-state index contributed by atoms with van der Waals surface area (Å²) in [4.78, 5) is 23.2. The van der Waals surface area contributed by atoms with Crippen molar-refractivity contribution in [2.24, 2.45) is 11.3 Å². The van der Waals surface area contributed by atoms with E-state index in [2.05, 4.69) is 9.47 Å². The summed E-state index contributed by atoms with van der Waals surface area (Å²) in [6.07, 6.45) is -5.13. The molecule has 1 saturated carbocycles. The summed E-state index contributed by atoms with van der Waals surface area (Å²) >= 11 is 0. The smallest absolute Gasteiger partial charge is 0.394 e. The Morgan fingerprint density at radius 2 is 1.53 bits per heavy atom. The van der Waals surface area contributed by atoms with Crippen molar-refractivity contribution in [1.82, 2.24) is 0 Å². The molecule has 1 aliphatic rings. The maximum absolute atomic E-state index is 12.9. The summed E-state index contributed by atoms with van der Waals surface area (Å²) in [7, 11) is 0. The summed E-state index contributed by atoms with van der Waals surface area (Å²) < 4.78 is 47.9. The molecular formula is C12H17F3O4. The van der Waals surface area contributed by atoms with Crippen LogP contribution >= 0.6 is 0 Å². The van der Waals surface area contributed by atoms with Crippen molar-refractivity contribution in [3.05, 3.63) is 0 Å². The predicted molar refractivity (Wildman–Crippen MR) is 59.1 cm³/mol. The van der Waals surface area contributed by atoms with Gasteiger partial charge in [-0.05, 0) is 33.1 Å². The van der Waals surface area contributed by atoms with Gasteiger partial charge in [0.25, 0.3) is 0 Å². The molecule has 1 rings (SSSR count). The molecule has 1 aliphatic carbocycles. The maximum Gasteiger partial charge on any atom is 0.394 e. The van der Waals surface area contributed by atoms with E-state index < -0.39 is 35.9 Å². The van der Waals surface area contributed by atoms with E-state index in [1.165, 1.54) is 13.8 Å². The Morgan fingerprint density at radius 1 is 1.11 bits per heavy atom. The molecule has 7 heteroatoms. The van der Waals surface area contributed by atoms with Gasteiger partial charge in [-0.1, -0.05) is 0 Å². The van der Waals surface area contributed by atoms with Gasteiger partial charge in [-0.2, -0.15) is 13.2 Å². The average Bonchev–Trinajstić information content (AvgIpc) is 3.06. The Kier molecular flexibility index (Phi) is 4.81. The lowest BCUT2D eigenvalue weighted by atomic mass is 9.91. The molecule has 19 heavy (non-hydrogen) atoms. The average molecular weight is 282 g/mol. The van der Waals surface area contributed by atoms with Gasteiger partial charge in [0.15, 0.2) is 5.92 Å². The van der Waals surface area contributed by atoms with E-state index in [-0.39, 0.29) is 26.1 Å². The summed E-state index contributed by atoms with van der Waals surface area (Å²) in [5, 5.41) is 0. The Hall–Kier alpha value is -1.27. The van der Waals surface area contributed by atoms with Crippen LogP contribution in [-0.4, -0.2) is 31.3 Å². The zero-order valence-corrected chi connectivity index (χ0v) is 10.9. The van der Waals surface area contributed by atoms with E-state index >= 15 is 0 Å². The molecule has 0 spiro atoms. The Balaban J connectivity index is 2.81. The SMILES string of the molecule is CCOC(=O)C(CC1(C(F)(F)F)CC1)C(=O)OCC. The van der Waals surface area contributed by atoms with Crippen molar-refractivity contribution < 1.29 is 32.2 Å². The van der Waals surface area contributed by atoms with E-state index in [1.807, 2.05) is 0 Å². The molecular weight excluding hydrogens is 265 g/mol. The van der Waals surface area contributed by atoms with Gasteiger partial charge in [0, 0.05) is 0 Å². The number of ether oxygens (including phenoxy) is 2. The molecule has 0 bridgehead atoms. The number of hydrogen-bond donors (Lipinski definition) is 0. The molecule has 0 aliphatic heterocycles. The number of carbonyl (C=O) groups excluding carboxylic acids is 2. The number of halogens is 3. The van der Waals surface area contributed by atoms with Gasteiger partial charge in [-0.25, -0.2) is 0 Å². The van der Waals surface area contributed by atoms with E-state index in [4.69, 9.17) is 0 Å². The Morgan fingerprint density at radius 3 is 1.79 bits per heavy atom. The lowest BCUT2D eigenvalue weighted by Crippen LogP contribution is -2.35. The summed E-state index contributed by atoms with van der Waals surface area (Å²) in [6, 6.07) is 0. The number of rotatable bonds is 6. The van der Waals surface area contributed by atoms with Crippen LogP contribution in [0.25, 0.3) is 0 Å². The third kappa shape index (κ3) is 3.61. The van der Waals surface area contributed by atoms with E-state index in [0.29, 0.717) is 0 Å². The molecule has 110 valence electrons. The fourth-order valence-electron chi connectivity index (χ4n) is 1.89. The number of esters is 2. The van der Waals surface area contributed by atoms with Crippen molar-refractivity contribution in [2.75, 3.05) is 13.2 Å². The van der Waals surface area contributed by atoms with Crippen LogP contribution in [0.4, 0.5) is 13.2 Å². The summed E-state index contributed by atoms with van der Waals surface area (Å²) in [5.41, 5.74) is -1.93. The number of alkyl halides is 3. The third-order valence-electron chi connectivity index (χ3n) is 3.19. The molecule has 0 heterocycles. The zero-order chi connectivity index (χ0) is 14.7. The molecule has 0 aromatic carbocycles. The molecule has 0 saturated heterocycles. The Labute approximate surface area is 109 Å². The monoisotopic (exact) mass is 282 g/mol. The normalized spacial score (nSPS) is 17.2.